The van der Waals surface area contributed by atoms with E-state index in [0.717, 1.165) is 5.69 Å². The maximum absolute atomic E-state index is 12.1. The summed E-state index contributed by atoms with van der Waals surface area (Å²) in [5, 5.41) is 6.32. The Morgan fingerprint density at radius 3 is 1.85 bits per heavy atom. The Kier molecular flexibility index (Phi) is 7.11. The highest BCUT2D eigenvalue weighted by molar-refractivity contribution is 7.80. The molecule has 0 aliphatic rings. The molecule has 0 unspecified atom stereocenters. The van der Waals surface area contributed by atoms with Gasteiger partial charge in [0.1, 0.15) is 0 Å². The van der Waals surface area contributed by atoms with E-state index in [0.29, 0.717) is 10.8 Å². The van der Waals surface area contributed by atoms with E-state index in [4.69, 9.17) is 21.7 Å². The highest BCUT2D eigenvalue weighted by Crippen LogP contribution is 2.18. The number of para-hydroxylation sites is 1. The number of carbonyl (C=O) groups is 2. The lowest BCUT2D eigenvalue weighted by Gasteiger charge is -2.13. The van der Waals surface area contributed by atoms with Crippen LogP contribution < -0.4 is 10.6 Å². The van der Waals surface area contributed by atoms with Gasteiger partial charge in [-0.15, -0.1) is 0 Å². The number of hydrogen-bond donors (Lipinski definition) is 2. The van der Waals surface area contributed by atoms with E-state index < -0.39 is 11.9 Å². The lowest BCUT2D eigenvalue weighted by molar-refractivity contribution is 0.0525. The minimum absolute atomic E-state index is 0.235. The standard InChI is InChI=1S/C19H20N2O4S/c1-3-24-17(22)13-10-14(18(23)25-4-2)12-16(11-13)21-19(26)20-15-8-6-5-7-9-15/h5-12H,3-4H2,1-2H3,(H2,20,21,26). The summed E-state index contributed by atoms with van der Waals surface area (Å²) in [4.78, 5) is 24.1. The van der Waals surface area contributed by atoms with Crippen LogP contribution in [0.3, 0.4) is 0 Å². The molecule has 2 aromatic carbocycles. The number of carbonyl (C=O) groups excluding carboxylic acids is 2. The van der Waals surface area contributed by atoms with E-state index in [1.165, 1.54) is 6.07 Å². The predicted octanol–water partition coefficient (Wildman–Crippen LogP) is 3.85. The van der Waals surface area contributed by atoms with E-state index in [2.05, 4.69) is 10.6 Å². The molecule has 0 spiro atoms. The molecular weight excluding hydrogens is 352 g/mol. The molecule has 0 bridgehead atoms. The van der Waals surface area contributed by atoms with Crippen molar-refractivity contribution < 1.29 is 19.1 Å². The zero-order valence-corrected chi connectivity index (χ0v) is 15.4. The molecule has 2 N–H and O–H groups in total. The Labute approximate surface area is 157 Å². The molecule has 0 heterocycles. The second-order valence-electron chi connectivity index (χ2n) is 5.19. The fraction of sp³-hybridized carbons (Fsp3) is 0.211. The van der Waals surface area contributed by atoms with Crippen LogP contribution in [0.2, 0.25) is 0 Å². The van der Waals surface area contributed by atoms with Crippen LogP contribution in [0.1, 0.15) is 34.6 Å². The second-order valence-corrected chi connectivity index (χ2v) is 5.59. The maximum Gasteiger partial charge on any atom is 0.338 e. The third-order valence-electron chi connectivity index (χ3n) is 3.24. The van der Waals surface area contributed by atoms with Crippen molar-refractivity contribution >= 4 is 40.6 Å². The van der Waals surface area contributed by atoms with Gasteiger partial charge in [-0.25, -0.2) is 9.59 Å². The summed E-state index contributed by atoms with van der Waals surface area (Å²) in [6.45, 7) is 3.90. The zero-order valence-electron chi connectivity index (χ0n) is 14.6. The molecule has 0 amide bonds. The summed E-state index contributed by atoms with van der Waals surface area (Å²) in [6.07, 6.45) is 0. The smallest absolute Gasteiger partial charge is 0.338 e. The van der Waals surface area contributed by atoms with Gasteiger partial charge in [0.05, 0.1) is 24.3 Å². The molecule has 0 saturated heterocycles. The first-order chi connectivity index (χ1) is 12.5. The number of hydrogen-bond acceptors (Lipinski definition) is 5. The summed E-state index contributed by atoms with van der Waals surface area (Å²) >= 11 is 5.28. The van der Waals surface area contributed by atoms with Gasteiger partial charge in [0.15, 0.2) is 5.11 Å². The fourth-order valence-electron chi connectivity index (χ4n) is 2.18. The van der Waals surface area contributed by atoms with Crippen molar-refractivity contribution in [2.24, 2.45) is 0 Å². The first kappa shape index (κ1) is 19.4. The van der Waals surface area contributed by atoms with Crippen molar-refractivity contribution in [3.05, 3.63) is 59.7 Å². The number of ether oxygens (including phenoxy) is 2. The van der Waals surface area contributed by atoms with Crippen molar-refractivity contribution in [1.29, 1.82) is 0 Å². The number of anilines is 2. The van der Waals surface area contributed by atoms with Crippen molar-refractivity contribution in [2.75, 3.05) is 23.8 Å². The van der Waals surface area contributed by atoms with Crippen LogP contribution in [0, 0.1) is 0 Å². The molecule has 26 heavy (non-hydrogen) atoms. The monoisotopic (exact) mass is 372 g/mol. The fourth-order valence-corrected chi connectivity index (χ4v) is 2.41. The van der Waals surface area contributed by atoms with Gasteiger partial charge >= 0.3 is 11.9 Å². The summed E-state index contributed by atoms with van der Waals surface area (Å²) in [5.41, 5.74) is 1.77. The van der Waals surface area contributed by atoms with Gasteiger partial charge in [0.25, 0.3) is 0 Å². The molecule has 136 valence electrons. The predicted molar refractivity (Wildman–Crippen MR) is 105 cm³/mol. The molecule has 0 aliphatic carbocycles. The lowest BCUT2D eigenvalue weighted by Crippen LogP contribution is -2.20. The van der Waals surface area contributed by atoms with Crippen LogP contribution >= 0.6 is 12.2 Å². The molecular formula is C19H20N2O4S. The molecule has 0 atom stereocenters. The van der Waals surface area contributed by atoms with Gasteiger partial charge in [-0.3, -0.25) is 0 Å². The van der Waals surface area contributed by atoms with Crippen LogP contribution in [-0.4, -0.2) is 30.3 Å². The molecule has 0 aromatic heterocycles. The zero-order chi connectivity index (χ0) is 18.9. The topological polar surface area (TPSA) is 76.7 Å². The highest BCUT2D eigenvalue weighted by Gasteiger charge is 2.15. The molecule has 7 heteroatoms. The van der Waals surface area contributed by atoms with E-state index in [9.17, 15) is 9.59 Å². The molecule has 0 radical (unpaired) electrons. The first-order valence-electron chi connectivity index (χ1n) is 8.15. The third kappa shape index (κ3) is 5.56. The third-order valence-corrected chi connectivity index (χ3v) is 3.45. The van der Waals surface area contributed by atoms with Crippen molar-refractivity contribution in [3.63, 3.8) is 0 Å². The quantitative estimate of drug-likeness (QED) is 0.589. The number of benzene rings is 2. The van der Waals surface area contributed by atoms with Crippen LogP contribution in [-0.2, 0) is 9.47 Å². The minimum Gasteiger partial charge on any atom is -0.462 e. The van der Waals surface area contributed by atoms with Crippen molar-refractivity contribution in [3.8, 4) is 0 Å². The number of nitrogens with one attached hydrogen (secondary N) is 2. The van der Waals surface area contributed by atoms with Gasteiger partial charge in [0.2, 0.25) is 0 Å². The lowest BCUT2D eigenvalue weighted by atomic mass is 10.1. The van der Waals surface area contributed by atoms with E-state index in [1.807, 2.05) is 30.3 Å². The Bertz CT molecular complexity index is 757. The van der Waals surface area contributed by atoms with Crippen molar-refractivity contribution in [1.82, 2.24) is 0 Å². The Morgan fingerprint density at radius 1 is 0.846 bits per heavy atom. The minimum atomic E-state index is -0.524. The average Bonchev–Trinajstić information content (AvgIpc) is 2.62. The SMILES string of the molecule is CCOC(=O)c1cc(NC(=S)Nc2ccccc2)cc(C(=O)OCC)c1. The van der Waals surface area contributed by atoms with Crippen LogP contribution in [0.15, 0.2) is 48.5 Å². The molecule has 0 aliphatic heterocycles. The summed E-state index contributed by atoms with van der Waals surface area (Å²) < 4.78 is 10.0. The van der Waals surface area contributed by atoms with Gasteiger partial charge in [0, 0.05) is 11.4 Å². The first-order valence-corrected chi connectivity index (χ1v) is 8.56. The number of esters is 2. The Morgan fingerprint density at radius 2 is 1.35 bits per heavy atom. The highest BCUT2D eigenvalue weighted by atomic mass is 32.1. The van der Waals surface area contributed by atoms with Gasteiger partial charge < -0.3 is 20.1 Å². The van der Waals surface area contributed by atoms with Crippen LogP contribution in [0.4, 0.5) is 11.4 Å². The molecule has 6 nitrogen and oxygen atoms in total. The van der Waals surface area contributed by atoms with Gasteiger partial charge in [-0.1, -0.05) is 18.2 Å². The molecule has 0 saturated carbocycles. The number of rotatable bonds is 6. The average molecular weight is 372 g/mol. The van der Waals surface area contributed by atoms with Crippen LogP contribution in [0.5, 0.6) is 0 Å². The summed E-state index contributed by atoms with van der Waals surface area (Å²) in [5.74, 6) is -1.05. The van der Waals surface area contributed by atoms with E-state index in [1.54, 1.807) is 26.0 Å². The summed E-state index contributed by atoms with van der Waals surface area (Å²) in [6, 6.07) is 14.0. The van der Waals surface area contributed by atoms with Crippen LogP contribution in [0.25, 0.3) is 0 Å². The molecule has 0 fully saturated rings. The molecule has 2 aromatic rings. The Hall–Kier alpha value is -2.93. The van der Waals surface area contributed by atoms with E-state index in [-0.39, 0.29) is 24.3 Å². The number of thiocarbonyl (C=S) groups is 1. The second kappa shape index (κ2) is 9.53. The van der Waals surface area contributed by atoms with Gasteiger partial charge in [-0.05, 0) is 56.4 Å². The normalized spacial score (nSPS) is 9.92. The van der Waals surface area contributed by atoms with Gasteiger partial charge in [-0.2, -0.15) is 0 Å². The van der Waals surface area contributed by atoms with Crippen molar-refractivity contribution in [2.45, 2.75) is 13.8 Å². The molecule has 2 rings (SSSR count). The maximum atomic E-state index is 12.1. The Balaban J connectivity index is 2.23. The summed E-state index contributed by atoms with van der Waals surface area (Å²) in [7, 11) is 0. The largest absolute Gasteiger partial charge is 0.462 e. The van der Waals surface area contributed by atoms with E-state index >= 15 is 0 Å².